The molecule has 174 valence electrons. The van der Waals surface area contributed by atoms with Gasteiger partial charge in [-0.2, -0.15) is 4.31 Å². The Hall–Kier alpha value is -1.68. The molecule has 2 aliphatic heterocycles. The summed E-state index contributed by atoms with van der Waals surface area (Å²) >= 11 is 0. The summed E-state index contributed by atoms with van der Waals surface area (Å²) in [6.45, 7) is 7.04. The predicted molar refractivity (Wildman–Crippen MR) is 122 cm³/mol. The number of sulfonamides is 1. The zero-order chi connectivity index (χ0) is 22.3. The van der Waals surface area contributed by atoms with Gasteiger partial charge in [0.25, 0.3) is 5.91 Å². The number of carbonyl (C=O) groups is 1. The first-order valence-electron chi connectivity index (χ1n) is 11.3. The van der Waals surface area contributed by atoms with E-state index in [-0.39, 0.29) is 18.2 Å². The number of amides is 1. The highest BCUT2D eigenvalue weighted by Crippen LogP contribution is 2.17. The Morgan fingerprint density at radius 1 is 1.13 bits per heavy atom. The lowest BCUT2D eigenvalue weighted by Crippen LogP contribution is -2.49. The lowest BCUT2D eigenvalue weighted by atomic mass is 10.0. The third kappa shape index (κ3) is 6.65. The van der Waals surface area contributed by atoms with Gasteiger partial charge in [0, 0.05) is 57.4 Å². The molecule has 2 saturated heterocycles. The minimum atomic E-state index is -3.39. The van der Waals surface area contributed by atoms with Gasteiger partial charge in [0.05, 0.1) is 12.9 Å². The van der Waals surface area contributed by atoms with Crippen molar-refractivity contribution in [1.29, 1.82) is 0 Å². The standard InChI is InChI=1S/C22H36N4O4S/c1-19-5-3-4-12-24(19)15-16-25(22(27)20-6-8-21(30-2)9-7-20)17-18-31(28,29)26-13-10-23-11-14-26/h6-9,19,23H,3-5,10-18H2,1-2H3/t19-/m0/s1. The Bertz CT molecular complexity index is 809. The molecule has 0 radical (unpaired) electrons. The molecule has 0 spiro atoms. The topological polar surface area (TPSA) is 82.2 Å². The average molecular weight is 453 g/mol. The average Bonchev–Trinajstić information content (AvgIpc) is 2.80. The van der Waals surface area contributed by atoms with Crippen molar-refractivity contribution in [3.05, 3.63) is 29.8 Å². The molecule has 1 amide bonds. The molecule has 1 aromatic carbocycles. The molecule has 1 aromatic rings. The second kappa shape index (κ2) is 11.3. The highest BCUT2D eigenvalue weighted by Gasteiger charge is 2.27. The van der Waals surface area contributed by atoms with Gasteiger partial charge in [-0.1, -0.05) is 6.42 Å². The highest BCUT2D eigenvalue weighted by molar-refractivity contribution is 7.89. The van der Waals surface area contributed by atoms with Crippen LogP contribution in [0, 0.1) is 0 Å². The summed E-state index contributed by atoms with van der Waals surface area (Å²) < 4.78 is 32.4. The summed E-state index contributed by atoms with van der Waals surface area (Å²) in [6.07, 6.45) is 3.59. The molecule has 0 aromatic heterocycles. The normalized spacial score (nSPS) is 21.0. The fraction of sp³-hybridized carbons (Fsp3) is 0.682. The Kier molecular flexibility index (Phi) is 8.71. The van der Waals surface area contributed by atoms with Crippen LogP contribution in [0.5, 0.6) is 5.75 Å². The van der Waals surface area contributed by atoms with Crippen LogP contribution in [0.4, 0.5) is 0 Å². The molecule has 2 aliphatic rings. The summed E-state index contributed by atoms with van der Waals surface area (Å²) in [5.41, 5.74) is 0.548. The quantitative estimate of drug-likeness (QED) is 0.607. The summed E-state index contributed by atoms with van der Waals surface area (Å²) in [4.78, 5) is 17.3. The number of benzene rings is 1. The SMILES string of the molecule is COc1ccc(C(=O)N(CCN2CCCC[C@@H]2C)CCS(=O)(=O)N2CCNCC2)cc1. The number of methoxy groups -OCH3 is 1. The number of hydrogen-bond donors (Lipinski definition) is 1. The van der Waals surface area contributed by atoms with E-state index in [9.17, 15) is 13.2 Å². The number of nitrogens with zero attached hydrogens (tertiary/aromatic N) is 3. The molecule has 3 rings (SSSR count). The van der Waals surface area contributed by atoms with Crippen LogP contribution in [0.2, 0.25) is 0 Å². The molecule has 0 aliphatic carbocycles. The first-order valence-corrected chi connectivity index (χ1v) is 12.9. The van der Waals surface area contributed by atoms with E-state index in [4.69, 9.17) is 4.74 Å². The van der Waals surface area contributed by atoms with E-state index in [2.05, 4.69) is 17.1 Å². The number of nitrogens with one attached hydrogen (secondary N) is 1. The van der Waals surface area contributed by atoms with Crippen molar-refractivity contribution in [1.82, 2.24) is 19.4 Å². The maximum Gasteiger partial charge on any atom is 0.253 e. The van der Waals surface area contributed by atoms with Crippen molar-refractivity contribution in [3.8, 4) is 5.75 Å². The van der Waals surface area contributed by atoms with Gasteiger partial charge in [0.2, 0.25) is 10.0 Å². The lowest BCUT2D eigenvalue weighted by molar-refractivity contribution is 0.0717. The van der Waals surface area contributed by atoms with Crippen LogP contribution in [0.25, 0.3) is 0 Å². The number of rotatable bonds is 9. The summed E-state index contributed by atoms with van der Waals surface area (Å²) in [5, 5.41) is 3.18. The van der Waals surface area contributed by atoms with Gasteiger partial charge < -0.3 is 15.0 Å². The van der Waals surface area contributed by atoms with Crippen LogP contribution in [0.15, 0.2) is 24.3 Å². The molecule has 2 fully saturated rings. The highest BCUT2D eigenvalue weighted by atomic mass is 32.2. The molecule has 1 atom stereocenters. The number of hydrogen-bond acceptors (Lipinski definition) is 6. The van der Waals surface area contributed by atoms with Gasteiger partial charge in [0.1, 0.15) is 5.75 Å². The number of ether oxygens (including phenoxy) is 1. The minimum Gasteiger partial charge on any atom is -0.497 e. The monoisotopic (exact) mass is 452 g/mol. The lowest BCUT2D eigenvalue weighted by Gasteiger charge is -2.35. The van der Waals surface area contributed by atoms with Crippen molar-refractivity contribution in [2.45, 2.75) is 32.2 Å². The first kappa shape index (κ1) is 24.0. The van der Waals surface area contributed by atoms with Gasteiger partial charge in [-0.05, 0) is 50.6 Å². The van der Waals surface area contributed by atoms with Crippen LogP contribution in [0.1, 0.15) is 36.5 Å². The Labute approximate surface area is 186 Å². The molecular weight excluding hydrogens is 416 g/mol. The third-order valence-corrected chi connectivity index (χ3v) is 8.16. The molecule has 0 unspecified atom stereocenters. The molecular formula is C22H36N4O4S. The van der Waals surface area contributed by atoms with Crippen molar-refractivity contribution in [3.63, 3.8) is 0 Å². The maximum atomic E-state index is 13.2. The summed E-state index contributed by atoms with van der Waals surface area (Å²) in [5.74, 6) is 0.499. The largest absolute Gasteiger partial charge is 0.497 e. The van der Waals surface area contributed by atoms with Crippen LogP contribution in [-0.2, 0) is 10.0 Å². The number of piperidine rings is 1. The summed E-state index contributed by atoms with van der Waals surface area (Å²) in [6, 6.07) is 7.49. The molecule has 0 bridgehead atoms. The number of piperazine rings is 1. The van der Waals surface area contributed by atoms with Crippen molar-refractivity contribution in [2.75, 3.05) is 65.2 Å². The van der Waals surface area contributed by atoms with E-state index >= 15 is 0 Å². The second-order valence-electron chi connectivity index (χ2n) is 8.37. The minimum absolute atomic E-state index is 0.0511. The molecule has 9 heteroatoms. The van der Waals surface area contributed by atoms with E-state index in [1.54, 1.807) is 36.3 Å². The van der Waals surface area contributed by atoms with Crippen molar-refractivity contribution in [2.24, 2.45) is 0 Å². The van der Waals surface area contributed by atoms with E-state index in [0.717, 1.165) is 13.1 Å². The molecule has 8 nitrogen and oxygen atoms in total. The molecule has 0 saturated carbocycles. The Balaban J connectivity index is 1.68. The fourth-order valence-corrected chi connectivity index (χ4v) is 5.70. The summed E-state index contributed by atoms with van der Waals surface area (Å²) in [7, 11) is -1.81. The van der Waals surface area contributed by atoms with Crippen LogP contribution in [-0.4, -0.2) is 99.7 Å². The first-order chi connectivity index (χ1) is 14.9. The smallest absolute Gasteiger partial charge is 0.253 e. The predicted octanol–water partition coefficient (Wildman–Crippen LogP) is 1.25. The zero-order valence-electron chi connectivity index (χ0n) is 18.8. The number of carbonyl (C=O) groups excluding carboxylic acids is 1. The number of likely N-dealkylation sites (tertiary alicyclic amines) is 1. The molecule has 1 N–H and O–H groups in total. The fourth-order valence-electron chi connectivity index (χ4n) is 4.25. The third-order valence-electron chi connectivity index (χ3n) is 6.31. The zero-order valence-corrected chi connectivity index (χ0v) is 19.6. The van der Waals surface area contributed by atoms with Crippen molar-refractivity contribution >= 4 is 15.9 Å². The van der Waals surface area contributed by atoms with E-state index < -0.39 is 10.0 Å². The van der Waals surface area contributed by atoms with Crippen molar-refractivity contribution < 1.29 is 17.9 Å². The molecule has 31 heavy (non-hydrogen) atoms. The van der Waals surface area contributed by atoms with Crippen LogP contribution < -0.4 is 10.1 Å². The van der Waals surface area contributed by atoms with Gasteiger partial charge in [-0.15, -0.1) is 0 Å². The Morgan fingerprint density at radius 2 is 1.84 bits per heavy atom. The van der Waals surface area contributed by atoms with E-state index in [1.165, 1.54) is 23.6 Å². The van der Waals surface area contributed by atoms with E-state index in [1.807, 2.05) is 0 Å². The maximum absolute atomic E-state index is 13.2. The molecule has 2 heterocycles. The Morgan fingerprint density at radius 3 is 2.48 bits per heavy atom. The van der Waals surface area contributed by atoms with Gasteiger partial charge >= 0.3 is 0 Å². The van der Waals surface area contributed by atoms with Gasteiger partial charge in [-0.25, -0.2) is 8.42 Å². The van der Waals surface area contributed by atoms with E-state index in [0.29, 0.717) is 50.1 Å². The van der Waals surface area contributed by atoms with Gasteiger partial charge in [-0.3, -0.25) is 9.69 Å². The van der Waals surface area contributed by atoms with Gasteiger partial charge in [0.15, 0.2) is 0 Å². The van der Waals surface area contributed by atoms with Crippen LogP contribution >= 0.6 is 0 Å². The second-order valence-corrected chi connectivity index (χ2v) is 10.5. The van der Waals surface area contributed by atoms with Crippen LogP contribution in [0.3, 0.4) is 0 Å².